The van der Waals surface area contributed by atoms with Gasteiger partial charge in [0.15, 0.2) is 11.5 Å². The fourth-order valence-corrected chi connectivity index (χ4v) is 2.86. The number of halogens is 1. The molecule has 0 saturated carbocycles. The zero-order valence-corrected chi connectivity index (χ0v) is 13.6. The number of carbonyl (C=O) groups is 1. The minimum absolute atomic E-state index is 0.0399. The Hall–Kier alpha value is -2.97. The Labute approximate surface area is 142 Å². The summed E-state index contributed by atoms with van der Waals surface area (Å²) in [5.74, 6) is -0.347. The Balaban J connectivity index is 1.58. The number of non-ortho nitro benzene ring substituents is 1. The van der Waals surface area contributed by atoms with Gasteiger partial charge in [0.05, 0.1) is 16.7 Å². The van der Waals surface area contributed by atoms with Crippen LogP contribution in [0.25, 0.3) is 0 Å². The van der Waals surface area contributed by atoms with Crippen LogP contribution in [0, 0.1) is 22.9 Å². The van der Waals surface area contributed by atoms with Gasteiger partial charge >= 0.3 is 0 Å². The summed E-state index contributed by atoms with van der Waals surface area (Å²) >= 11 is 0. The molecule has 9 heteroatoms. The molecule has 0 bridgehead atoms. The zero-order valence-electron chi connectivity index (χ0n) is 13.6. The maximum absolute atomic E-state index is 14.1. The number of hydrogen-bond donors (Lipinski definition) is 1. The average molecular weight is 348 g/mol. The van der Waals surface area contributed by atoms with E-state index in [4.69, 9.17) is 4.52 Å². The second kappa shape index (κ2) is 6.88. The van der Waals surface area contributed by atoms with Gasteiger partial charge in [0.2, 0.25) is 0 Å². The quantitative estimate of drug-likeness (QED) is 0.672. The van der Waals surface area contributed by atoms with Crippen molar-refractivity contribution >= 4 is 17.3 Å². The Morgan fingerprint density at radius 2 is 2.12 bits per heavy atom. The first-order valence-corrected chi connectivity index (χ1v) is 7.87. The topological polar surface area (TPSA) is 102 Å². The molecule has 8 nitrogen and oxygen atoms in total. The molecule has 1 aliphatic heterocycles. The van der Waals surface area contributed by atoms with E-state index in [0.29, 0.717) is 37.4 Å². The fraction of sp³-hybridized carbons (Fsp3) is 0.375. The molecule has 1 aromatic heterocycles. The van der Waals surface area contributed by atoms with Crippen LogP contribution in [0.15, 0.2) is 28.8 Å². The third-order valence-corrected chi connectivity index (χ3v) is 4.17. The van der Waals surface area contributed by atoms with E-state index in [9.17, 15) is 19.3 Å². The molecule has 1 saturated heterocycles. The number of anilines is 1. The van der Waals surface area contributed by atoms with Crippen molar-refractivity contribution < 1.29 is 18.6 Å². The van der Waals surface area contributed by atoms with Crippen molar-refractivity contribution in [3.8, 4) is 0 Å². The number of hydrogen-bond acceptors (Lipinski definition) is 6. The van der Waals surface area contributed by atoms with Crippen molar-refractivity contribution in [1.82, 2.24) is 10.5 Å². The Morgan fingerprint density at radius 3 is 2.68 bits per heavy atom. The van der Waals surface area contributed by atoms with Crippen molar-refractivity contribution in [3.05, 3.63) is 51.7 Å². The van der Waals surface area contributed by atoms with Crippen LogP contribution in [-0.4, -0.2) is 35.1 Å². The van der Waals surface area contributed by atoms with E-state index in [1.165, 1.54) is 12.1 Å². The highest BCUT2D eigenvalue weighted by molar-refractivity contribution is 5.92. The molecule has 0 spiro atoms. The van der Waals surface area contributed by atoms with E-state index in [1.807, 2.05) is 4.90 Å². The van der Waals surface area contributed by atoms with Gasteiger partial charge in [-0.2, -0.15) is 0 Å². The summed E-state index contributed by atoms with van der Waals surface area (Å²) in [6.45, 7) is 2.79. The molecule has 0 aliphatic carbocycles. The van der Waals surface area contributed by atoms with Gasteiger partial charge in [0.25, 0.3) is 11.6 Å². The number of nitrogens with one attached hydrogen (secondary N) is 1. The molecule has 0 unspecified atom stereocenters. The van der Waals surface area contributed by atoms with Gasteiger partial charge in [0.1, 0.15) is 5.76 Å². The maximum atomic E-state index is 14.1. The van der Waals surface area contributed by atoms with E-state index in [1.54, 1.807) is 13.0 Å². The highest BCUT2D eigenvalue weighted by atomic mass is 19.1. The smallest absolute Gasteiger partial charge is 0.273 e. The summed E-state index contributed by atoms with van der Waals surface area (Å²) < 4.78 is 19.0. The molecule has 3 rings (SSSR count). The molecule has 2 heterocycles. The van der Waals surface area contributed by atoms with Crippen LogP contribution in [-0.2, 0) is 0 Å². The molecule has 1 aliphatic rings. The van der Waals surface area contributed by atoms with Crippen LogP contribution in [0.5, 0.6) is 0 Å². The van der Waals surface area contributed by atoms with Crippen LogP contribution in [0.1, 0.15) is 29.1 Å². The third-order valence-electron chi connectivity index (χ3n) is 4.17. The lowest BCUT2D eigenvalue weighted by atomic mass is 10.0. The number of nitrogens with zero attached hydrogens (tertiary/aromatic N) is 3. The maximum Gasteiger partial charge on any atom is 0.273 e. The largest absolute Gasteiger partial charge is 0.369 e. The van der Waals surface area contributed by atoms with Crippen LogP contribution < -0.4 is 10.2 Å². The Bertz CT molecular complexity index is 799. The van der Waals surface area contributed by atoms with E-state index in [0.717, 1.165) is 6.07 Å². The average Bonchev–Trinajstić information content (AvgIpc) is 3.02. The first kappa shape index (κ1) is 16.9. The molecule has 25 heavy (non-hydrogen) atoms. The van der Waals surface area contributed by atoms with Crippen molar-refractivity contribution in [2.75, 3.05) is 18.0 Å². The number of piperidine rings is 1. The van der Waals surface area contributed by atoms with Gasteiger partial charge in [-0.05, 0) is 25.8 Å². The van der Waals surface area contributed by atoms with Gasteiger partial charge < -0.3 is 14.7 Å². The molecule has 0 radical (unpaired) electrons. The summed E-state index contributed by atoms with van der Waals surface area (Å²) in [7, 11) is 0. The first-order chi connectivity index (χ1) is 11.9. The minimum Gasteiger partial charge on any atom is -0.369 e. The van der Waals surface area contributed by atoms with Gasteiger partial charge in [-0.3, -0.25) is 14.9 Å². The monoisotopic (exact) mass is 348 g/mol. The number of benzene rings is 1. The lowest BCUT2D eigenvalue weighted by Crippen LogP contribution is -2.45. The SMILES string of the molecule is Cc1cc(C(=O)NC2CCN(c3ccc([N+](=O)[O-])cc3F)CC2)no1. The van der Waals surface area contributed by atoms with Crippen LogP contribution >= 0.6 is 0 Å². The number of aromatic nitrogens is 1. The van der Waals surface area contributed by atoms with E-state index in [-0.39, 0.29) is 23.3 Å². The van der Waals surface area contributed by atoms with Gasteiger partial charge in [0, 0.05) is 31.3 Å². The number of carbonyl (C=O) groups excluding carboxylic acids is 1. The number of nitro groups is 1. The zero-order chi connectivity index (χ0) is 18.0. The van der Waals surface area contributed by atoms with Gasteiger partial charge in [-0.15, -0.1) is 0 Å². The second-order valence-electron chi connectivity index (χ2n) is 5.95. The summed E-state index contributed by atoms with van der Waals surface area (Å²) in [6.07, 6.45) is 1.28. The molecular weight excluding hydrogens is 331 g/mol. The van der Waals surface area contributed by atoms with Crippen molar-refractivity contribution in [2.45, 2.75) is 25.8 Å². The van der Waals surface area contributed by atoms with E-state index >= 15 is 0 Å². The van der Waals surface area contributed by atoms with Crippen molar-refractivity contribution in [3.63, 3.8) is 0 Å². The fourth-order valence-electron chi connectivity index (χ4n) is 2.86. The normalized spacial score (nSPS) is 15.2. The molecule has 1 fully saturated rings. The molecule has 1 aromatic carbocycles. The summed E-state index contributed by atoms with van der Waals surface area (Å²) in [5, 5.41) is 17.2. The van der Waals surface area contributed by atoms with Crippen LogP contribution in [0.2, 0.25) is 0 Å². The summed E-state index contributed by atoms with van der Waals surface area (Å²) in [5.41, 5.74) is 0.301. The van der Waals surface area contributed by atoms with Crippen molar-refractivity contribution in [1.29, 1.82) is 0 Å². The predicted molar refractivity (Wildman–Crippen MR) is 87.0 cm³/mol. The lowest BCUT2D eigenvalue weighted by Gasteiger charge is -2.33. The number of nitro benzene ring substituents is 1. The van der Waals surface area contributed by atoms with Crippen LogP contribution in [0.3, 0.4) is 0 Å². The highest BCUT2D eigenvalue weighted by Crippen LogP contribution is 2.26. The van der Waals surface area contributed by atoms with E-state index in [2.05, 4.69) is 10.5 Å². The van der Waals surface area contributed by atoms with Gasteiger partial charge in [-0.1, -0.05) is 5.16 Å². The molecule has 0 atom stereocenters. The van der Waals surface area contributed by atoms with Crippen LogP contribution in [0.4, 0.5) is 15.8 Å². The minimum atomic E-state index is -0.625. The van der Waals surface area contributed by atoms with E-state index < -0.39 is 10.7 Å². The lowest BCUT2D eigenvalue weighted by molar-refractivity contribution is -0.385. The third kappa shape index (κ3) is 3.76. The van der Waals surface area contributed by atoms with Crippen molar-refractivity contribution in [2.24, 2.45) is 0 Å². The standard InChI is InChI=1S/C16H17FN4O4/c1-10-8-14(19-25-10)16(22)18-11-4-6-20(7-5-11)15-3-2-12(21(23)24)9-13(15)17/h2-3,8-9,11H,4-7H2,1H3,(H,18,22). The predicted octanol–water partition coefficient (Wildman–Crippen LogP) is 2.43. The molecule has 1 N–H and O–H groups in total. The summed E-state index contributed by atoms with van der Waals surface area (Å²) in [6, 6.07) is 5.16. The molecule has 1 amide bonds. The second-order valence-corrected chi connectivity index (χ2v) is 5.95. The Morgan fingerprint density at radius 1 is 1.40 bits per heavy atom. The summed E-state index contributed by atoms with van der Waals surface area (Å²) in [4.78, 5) is 23.9. The van der Waals surface area contributed by atoms with Gasteiger partial charge in [-0.25, -0.2) is 4.39 Å². The molecule has 2 aromatic rings. The number of rotatable bonds is 4. The Kier molecular flexibility index (Phi) is 4.64. The number of aryl methyl sites for hydroxylation is 1. The highest BCUT2D eigenvalue weighted by Gasteiger charge is 2.24. The number of amides is 1. The first-order valence-electron chi connectivity index (χ1n) is 7.87. The molecule has 132 valence electrons. The molecular formula is C16H17FN4O4.